The van der Waals surface area contributed by atoms with Gasteiger partial charge in [-0.2, -0.15) is 0 Å². The first-order valence-electron chi connectivity index (χ1n) is 11.2. The van der Waals surface area contributed by atoms with Crippen molar-refractivity contribution < 1.29 is 9.90 Å². The average Bonchev–Trinajstić information content (AvgIpc) is 2.75. The Hall–Kier alpha value is -3.04. The summed E-state index contributed by atoms with van der Waals surface area (Å²) in [5.41, 5.74) is 8.28. The number of halogens is 1. The third-order valence-corrected chi connectivity index (χ3v) is 6.58. The number of hydrogen-bond donors (Lipinski definition) is 2. The molecule has 0 fully saturated rings. The second-order valence-corrected chi connectivity index (χ2v) is 9.39. The summed E-state index contributed by atoms with van der Waals surface area (Å²) in [6.07, 6.45) is 0.927. The lowest BCUT2D eigenvalue weighted by Gasteiger charge is -2.17. The first-order chi connectivity index (χ1) is 15.6. The Morgan fingerprint density at radius 3 is 2.24 bits per heavy atom. The van der Waals surface area contributed by atoms with E-state index in [1.54, 1.807) is 6.92 Å². The summed E-state index contributed by atoms with van der Waals surface area (Å²) in [6, 6.07) is 18.4. The van der Waals surface area contributed by atoms with E-state index in [2.05, 4.69) is 55.2 Å². The van der Waals surface area contributed by atoms with Crippen LogP contribution in [0.15, 0.2) is 66.9 Å². The van der Waals surface area contributed by atoms with Gasteiger partial charge in [-0.3, -0.25) is 4.79 Å². The minimum Gasteiger partial charge on any atom is -0.511 e. The van der Waals surface area contributed by atoms with E-state index in [9.17, 15) is 9.90 Å². The molecular weight excluding hydrogens is 430 g/mol. The molecule has 33 heavy (non-hydrogen) atoms. The van der Waals surface area contributed by atoms with Crippen LogP contribution < -0.4 is 5.32 Å². The maximum absolute atomic E-state index is 12.7. The molecule has 0 spiro atoms. The highest BCUT2D eigenvalue weighted by Crippen LogP contribution is 2.29. The van der Waals surface area contributed by atoms with Gasteiger partial charge in [-0.1, -0.05) is 73.6 Å². The van der Waals surface area contributed by atoms with E-state index >= 15 is 0 Å². The number of rotatable bonds is 7. The summed E-state index contributed by atoms with van der Waals surface area (Å²) < 4.78 is 0. The SMILES string of the molecule is C=C(O)C(C)NC(=O)c1c(C)cc(-c2cccc(CC(C)c3ccc(Cl)c(C)c3)c2)cc1C. The molecule has 1 amide bonds. The average molecular weight is 462 g/mol. The number of benzene rings is 3. The lowest BCUT2D eigenvalue weighted by atomic mass is 9.90. The zero-order chi connectivity index (χ0) is 24.3. The van der Waals surface area contributed by atoms with Gasteiger partial charge in [-0.05, 0) is 85.0 Å². The van der Waals surface area contributed by atoms with Crippen molar-refractivity contribution in [2.45, 2.75) is 53.0 Å². The maximum atomic E-state index is 12.7. The molecule has 3 nitrogen and oxygen atoms in total. The van der Waals surface area contributed by atoms with Crippen LogP contribution in [0.25, 0.3) is 11.1 Å². The molecule has 2 unspecified atom stereocenters. The molecule has 3 aromatic rings. The summed E-state index contributed by atoms with van der Waals surface area (Å²) in [6.45, 7) is 13.4. The first kappa shape index (κ1) is 24.6. The van der Waals surface area contributed by atoms with Gasteiger partial charge in [-0.25, -0.2) is 0 Å². The van der Waals surface area contributed by atoms with E-state index in [4.69, 9.17) is 11.6 Å². The second kappa shape index (κ2) is 10.3. The number of carbonyl (C=O) groups excluding carboxylic acids is 1. The van der Waals surface area contributed by atoms with Crippen molar-refractivity contribution in [2.24, 2.45) is 0 Å². The van der Waals surface area contributed by atoms with Crippen LogP contribution in [0.3, 0.4) is 0 Å². The Morgan fingerprint density at radius 2 is 1.64 bits per heavy atom. The molecule has 0 aliphatic heterocycles. The predicted molar refractivity (Wildman–Crippen MR) is 138 cm³/mol. The van der Waals surface area contributed by atoms with Gasteiger partial charge in [0.2, 0.25) is 0 Å². The molecule has 3 rings (SSSR count). The molecule has 172 valence electrons. The third kappa shape index (κ3) is 5.85. The molecule has 4 heteroatoms. The van der Waals surface area contributed by atoms with Crippen LogP contribution in [0.1, 0.15) is 57.9 Å². The van der Waals surface area contributed by atoms with Crippen molar-refractivity contribution >= 4 is 17.5 Å². The van der Waals surface area contributed by atoms with Gasteiger partial charge < -0.3 is 10.4 Å². The number of aliphatic hydroxyl groups excluding tert-OH is 1. The molecule has 0 saturated heterocycles. The zero-order valence-corrected chi connectivity index (χ0v) is 20.8. The van der Waals surface area contributed by atoms with E-state index in [1.165, 1.54) is 11.1 Å². The number of aryl methyl sites for hydroxylation is 3. The van der Waals surface area contributed by atoms with Gasteiger partial charge in [0.05, 0.1) is 6.04 Å². The topological polar surface area (TPSA) is 49.3 Å². The van der Waals surface area contributed by atoms with Crippen LogP contribution in [-0.2, 0) is 6.42 Å². The highest BCUT2D eigenvalue weighted by molar-refractivity contribution is 6.31. The van der Waals surface area contributed by atoms with Crippen LogP contribution >= 0.6 is 11.6 Å². The highest BCUT2D eigenvalue weighted by Gasteiger charge is 2.17. The Labute approximate surface area is 202 Å². The number of nitrogens with one attached hydrogen (secondary N) is 1. The van der Waals surface area contributed by atoms with Crippen molar-refractivity contribution in [3.63, 3.8) is 0 Å². The first-order valence-corrected chi connectivity index (χ1v) is 11.6. The largest absolute Gasteiger partial charge is 0.511 e. The predicted octanol–water partition coefficient (Wildman–Crippen LogP) is 7.47. The van der Waals surface area contributed by atoms with Gasteiger partial charge in [0, 0.05) is 10.6 Å². The summed E-state index contributed by atoms with van der Waals surface area (Å²) in [7, 11) is 0. The summed E-state index contributed by atoms with van der Waals surface area (Å²) in [4.78, 5) is 12.7. The number of aliphatic hydroxyl groups is 1. The Balaban J connectivity index is 1.84. The zero-order valence-electron chi connectivity index (χ0n) is 20.0. The van der Waals surface area contributed by atoms with Gasteiger partial charge in [0.15, 0.2) is 0 Å². The summed E-state index contributed by atoms with van der Waals surface area (Å²) in [5, 5.41) is 13.1. The lowest BCUT2D eigenvalue weighted by molar-refractivity contribution is 0.0936. The Bertz CT molecular complexity index is 1170. The highest BCUT2D eigenvalue weighted by atomic mass is 35.5. The number of amides is 1. The molecule has 0 saturated carbocycles. The van der Waals surface area contributed by atoms with Crippen LogP contribution in [0.2, 0.25) is 5.02 Å². The molecule has 0 radical (unpaired) electrons. The molecule has 0 bridgehead atoms. The minimum atomic E-state index is -0.501. The lowest BCUT2D eigenvalue weighted by Crippen LogP contribution is -2.34. The third-order valence-electron chi connectivity index (χ3n) is 6.16. The fourth-order valence-electron chi connectivity index (χ4n) is 4.16. The second-order valence-electron chi connectivity index (χ2n) is 8.99. The number of hydrogen-bond acceptors (Lipinski definition) is 2. The van der Waals surface area contributed by atoms with Crippen LogP contribution in [0.5, 0.6) is 0 Å². The fourth-order valence-corrected chi connectivity index (χ4v) is 4.28. The molecular formula is C29H32ClNO2. The van der Waals surface area contributed by atoms with Crippen molar-refractivity contribution in [3.05, 3.63) is 105 Å². The van der Waals surface area contributed by atoms with Gasteiger partial charge in [-0.15, -0.1) is 0 Å². The fraction of sp³-hybridized carbons (Fsp3) is 0.276. The van der Waals surface area contributed by atoms with Crippen molar-refractivity contribution in [1.29, 1.82) is 0 Å². The Morgan fingerprint density at radius 1 is 0.970 bits per heavy atom. The van der Waals surface area contributed by atoms with Crippen LogP contribution in [-0.4, -0.2) is 17.1 Å². The Kier molecular flexibility index (Phi) is 7.65. The van der Waals surface area contributed by atoms with Gasteiger partial charge in [0.1, 0.15) is 5.76 Å². The molecule has 0 aliphatic rings. The summed E-state index contributed by atoms with van der Waals surface area (Å²) in [5.74, 6) is 0.101. The van der Waals surface area contributed by atoms with Crippen molar-refractivity contribution in [2.75, 3.05) is 0 Å². The van der Waals surface area contributed by atoms with Crippen molar-refractivity contribution in [3.8, 4) is 11.1 Å². The normalized spacial score (nSPS) is 12.8. The minimum absolute atomic E-state index is 0.0601. The monoisotopic (exact) mass is 461 g/mol. The quantitative estimate of drug-likeness (QED) is 0.358. The van der Waals surface area contributed by atoms with Gasteiger partial charge >= 0.3 is 0 Å². The smallest absolute Gasteiger partial charge is 0.252 e. The van der Waals surface area contributed by atoms with Crippen LogP contribution in [0, 0.1) is 20.8 Å². The van der Waals surface area contributed by atoms with E-state index in [0.717, 1.165) is 39.3 Å². The molecule has 0 heterocycles. The molecule has 0 aliphatic carbocycles. The van der Waals surface area contributed by atoms with E-state index in [1.807, 2.05) is 39.0 Å². The van der Waals surface area contributed by atoms with Crippen LogP contribution in [0.4, 0.5) is 0 Å². The van der Waals surface area contributed by atoms with E-state index in [0.29, 0.717) is 11.5 Å². The molecule has 2 atom stereocenters. The maximum Gasteiger partial charge on any atom is 0.252 e. The van der Waals surface area contributed by atoms with E-state index in [-0.39, 0.29) is 11.7 Å². The van der Waals surface area contributed by atoms with E-state index < -0.39 is 6.04 Å². The number of carbonyl (C=O) groups is 1. The molecule has 0 aromatic heterocycles. The van der Waals surface area contributed by atoms with Crippen molar-refractivity contribution in [1.82, 2.24) is 5.32 Å². The summed E-state index contributed by atoms with van der Waals surface area (Å²) >= 11 is 6.19. The molecule has 2 N–H and O–H groups in total. The standard InChI is InChI=1S/C29H32ClNO2/c1-17(24-10-11-27(30)18(2)13-24)12-23-8-7-9-25(16-23)26-14-19(3)28(20(4)15-26)29(33)31-21(5)22(6)32/h7-11,13-17,21,32H,6,12H2,1-5H3,(H,31,33). The molecule has 3 aromatic carbocycles. The van der Waals surface area contributed by atoms with Gasteiger partial charge in [0.25, 0.3) is 5.91 Å².